The van der Waals surface area contributed by atoms with E-state index in [9.17, 15) is 13.2 Å². The minimum atomic E-state index is -3.66. The van der Waals surface area contributed by atoms with Crippen LogP contribution in [0, 0.1) is 5.92 Å². The summed E-state index contributed by atoms with van der Waals surface area (Å²) in [5.41, 5.74) is 1.39. The van der Waals surface area contributed by atoms with Crippen LogP contribution in [-0.2, 0) is 21.4 Å². The van der Waals surface area contributed by atoms with Crippen LogP contribution in [0.1, 0.15) is 18.5 Å². The molecule has 0 aliphatic carbocycles. The molecule has 5 rings (SSSR count). The van der Waals surface area contributed by atoms with Gasteiger partial charge in [-0.15, -0.1) is 0 Å². The number of para-hydroxylation sites is 1. The van der Waals surface area contributed by atoms with Crippen molar-refractivity contribution >= 4 is 65.8 Å². The summed E-state index contributed by atoms with van der Waals surface area (Å²) in [5.74, 6) is -0.438. The van der Waals surface area contributed by atoms with Crippen LogP contribution in [0.5, 0.6) is 0 Å². The quantitative estimate of drug-likeness (QED) is 0.305. The standard InChI is InChI=1S/C25H22Cl2N4O3S2/c26-18-7-9-20(10-8-18)36(33,34)30-14-11-17(12-15-30)24(32)31(16-19-4-1-2-13-28-19)25-29-23-21(27)5-3-6-22(23)35-25/h1-10,13,17H,11-12,14-16H2. The van der Waals surface area contributed by atoms with Crippen molar-refractivity contribution in [2.75, 3.05) is 18.0 Å². The van der Waals surface area contributed by atoms with Crippen LogP contribution in [0.3, 0.4) is 0 Å². The molecule has 0 bridgehead atoms. The van der Waals surface area contributed by atoms with Crippen molar-refractivity contribution in [1.82, 2.24) is 14.3 Å². The summed E-state index contributed by atoms with van der Waals surface area (Å²) < 4.78 is 28.4. The predicted molar refractivity (Wildman–Crippen MR) is 143 cm³/mol. The first-order chi connectivity index (χ1) is 17.3. The van der Waals surface area contributed by atoms with Crippen molar-refractivity contribution in [1.29, 1.82) is 0 Å². The first-order valence-corrected chi connectivity index (χ1v) is 14.4. The zero-order valence-electron chi connectivity index (χ0n) is 19.0. The fourth-order valence-corrected chi connectivity index (χ4v) is 7.10. The number of thiazole rings is 1. The third-order valence-electron chi connectivity index (χ3n) is 6.16. The summed E-state index contributed by atoms with van der Waals surface area (Å²) in [4.78, 5) is 24.7. The largest absolute Gasteiger partial charge is 0.282 e. The predicted octanol–water partition coefficient (Wildman–Crippen LogP) is 5.63. The van der Waals surface area contributed by atoms with Gasteiger partial charge in [0, 0.05) is 30.2 Å². The smallest absolute Gasteiger partial charge is 0.243 e. The minimum absolute atomic E-state index is 0.0978. The van der Waals surface area contributed by atoms with Crippen molar-refractivity contribution in [3.8, 4) is 0 Å². The molecule has 0 saturated carbocycles. The molecule has 0 spiro atoms. The molecule has 4 aromatic rings. The SMILES string of the molecule is O=C(C1CCN(S(=O)(=O)c2ccc(Cl)cc2)CC1)N(Cc1ccccn1)c1nc2c(Cl)cccc2s1. The van der Waals surface area contributed by atoms with Crippen molar-refractivity contribution in [3.05, 3.63) is 82.6 Å². The lowest BCUT2D eigenvalue weighted by Gasteiger charge is -2.33. The molecule has 3 heterocycles. The summed E-state index contributed by atoms with van der Waals surface area (Å²) >= 11 is 13.6. The Balaban J connectivity index is 1.37. The van der Waals surface area contributed by atoms with Gasteiger partial charge in [-0.2, -0.15) is 4.31 Å². The third kappa shape index (κ3) is 5.12. The number of pyridine rings is 1. The molecule has 1 aliphatic rings. The van der Waals surface area contributed by atoms with Gasteiger partial charge >= 0.3 is 0 Å². The molecule has 0 radical (unpaired) electrons. The van der Waals surface area contributed by atoms with E-state index in [1.807, 2.05) is 30.3 Å². The van der Waals surface area contributed by atoms with Crippen molar-refractivity contribution < 1.29 is 13.2 Å². The van der Waals surface area contributed by atoms with E-state index in [4.69, 9.17) is 23.2 Å². The molecule has 11 heteroatoms. The summed E-state index contributed by atoms with van der Waals surface area (Å²) in [7, 11) is -3.66. The Morgan fingerprint density at radius 3 is 2.44 bits per heavy atom. The average molecular weight is 562 g/mol. The van der Waals surface area contributed by atoms with Gasteiger partial charge < -0.3 is 0 Å². The number of carbonyl (C=O) groups is 1. The lowest BCUT2D eigenvalue weighted by atomic mass is 9.96. The molecule has 1 fully saturated rings. The molecular weight excluding hydrogens is 539 g/mol. The monoisotopic (exact) mass is 560 g/mol. The number of benzene rings is 2. The van der Waals surface area contributed by atoms with Gasteiger partial charge in [-0.3, -0.25) is 14.7 Å². The highest BCUT2D eigenvalue weighted by Crippen LogP contribution is 2.35. The Hall–Kier alpha value is -2.56. The fraction of sp³-hybridized carbons (Fsp3) is 0.240. The summed E-state index contributed by atoms with van der Waals surface area (Å²) in [6.07, 6.45) is 2.51. The van der Waals surface area contributed by atoms with E-state index in [1.165, 1.54) is 27.8 Å². The van der Waals surface area contributed by atoms with E-state index in [0.29, 0.717) is 33.5 Å². The first kappa shape index (κ1) is 25.1. The van der Waals surface area contributed by atoms with E-state index in [2.05, 4.69) is 9.97 Å². The molecule has 1 amide bonds. The normalized spacial score (nSPS) is 15.3. The number of fused-ring (bicyclic) bond motifs is 1. The zero-order valence-corrected chi connectivity index (χ0v) is 22.2. The maximum absolute atomic E-state index is 13.8. The summed E-state index contributed by atoms with van der Waals surface area (Å²) in [5, 5.41) is 1.55. The number of nitrogens with zero attached hydrogens (tertiary/aromatic N) is 4. The summed E-state index contributed by atoms with van der Waals surface area (Å²) in [6.45, 7) is 0.773. The van der Waals surface area contributed by atoms with E-state index in [0.717, 1.165) is 10.4 Å². The number of carbonyl (C=O) groups excluding carboxylic acids is 1. The number of aromatic nitrogens is 2. The van der Waals surface area contributed by atoms with Crippen LogP contribution in [0.2, 0.25) is 10.0 Å². The number of piperidine rings is 1. The van der Waals surface area contributed by atoms with E-state index < -0.39 is 10.0 Å². The van der Waals surface area contributed by atoms with E-state index >= 15 is 0 Å². The molecule has 186 valence electrons. The van der Waals surface area contributed by atoms with Crippen LogP contribution in [-0.4, -0.2) is 41.7 Å². The Morgan fingerprint density at radius 2 is 1.78 bits per heavy atom. The second kappa shape index (κ2) is 10.4. The van der Waals surface area contributed by atoms with Gasteiger partial charge in [0.2, 0.25) is 15.9 Å². The van der Waals surface area contributed by atoms with Crippen LogP contribution in [0.4, 0.5) is 5.13 Å². The maximum atomic E-state index is 13.8. The Bertz CT molecular complexity index is 1490. The highest BCUT2D eigenvalue weighted by Gasteiger charge is 2.35. The number of amides is 1. The number of anilines is 1. The lowest BCUT2D eigenvalue weighted by Crippen LogP contribution is -2.44. The number of sulfonamides is 1. The molecule has 0 atom stereocenters. The Kier molecular flexibility index (Phi) is 7.28. The fourth-order valence-electron chi connectivity index (χ4n) is 4.23. The third-order valence-corrected chi connectivity index (χ3v) is 9.67. The second-order valence-electron chi connectivity index (χ2n) is 8.46. The number of hydrogen-bond donors (Lipinski definition) is 0. The Labute approximate surface area is 223 Å². The van der Waals surface area contributed by atoms with Crippen LogP contribution >= 0.6 is 34.5 Å². The molecule has 0 N–H and O–H groups in total. The Morgan fingerprint density at radius 1 is 1.03 bits per heavy atom. The minimum Gasteiger partial charge on any atom is -0.282 e. The second-order valence-corrected chi connectivity index (χ2v) is 12.3. The van der Waals surface area contributed by atoms with Gasteiger partial charge in [-0.1, -0.05) is 46.7 Å². The van der Waals surface area contributed by atoms with Crippen molar-refractivity contribution in [2.24, 2.45) is 5.92 Å². The molecule has 0 unspecified atom stereocenters. The highest BCUT2D eigenvalue weighted by molar-refractivity contribution is 7.89. The number of halogens is 2. The van der Waals surface area contributed by atoms with Crippen LogP contribution in [0.25, 0.3) is 10.2 Å². The van der Waals surface area contributed by atoms with Gasteiger partial charge in [0.05, 0.1) is 26.9 Å². The summed E-state index contributed by atoms with van der Waals surface area (Å²) in [6, 6.07) is 17.2. The van der Waals surface area contributed by atoms with Crippen LogP contribution in [0.15, 0.2) is 71.8 Å². The van der Waals surface area contributed by atoms with E-state index in [-0.39, 0.29) is 36.4 Å². The molecule has 1 aliphatic heterocycles. The molecule has 2 aromatic carbocycles. The maximum Gasteiger partial charge on any atom is 0.243 e. The van der Waals surface area contributed by atoms with Gasteiger partial charge in [0.15, 0.2) is 5.13 Å². The van der Waals surface area contributed by atoms with Crippen LogP contribution < -0.4 is 4.90 Å². The van der Waals surface area contributed by atoms with Crippen molar-refractivity contribution in [2.45, 2.75) is 24.3 Å². The van der Waals surface area contributed by atoms with Gasteiger partial charge in [0.25, 0.3) is 0 Å². The molecular formula is C25H22Cl2N4O3S2. The van der Waals surface area contributed by atoms with E-state index in [1.54, 1.807) is 29.3 Å². The van der Waals surface area contributed by atoms with Gasteiger partial charge in [0.1, 0.15) is 5.52 Å². The topological polar surface area (TPSA) is 83.5 Å². The molecule has 2 aromatic heterocycles. The number of rotatable bonds is 6. The molecule has 1 saturated heterocycles. The zero-order chi connectivity index (χ0) is 25.3. The van der Waals surface area contributed by atoms with Crippen molar-refractivity contribution in [3.63, 3.8) is 0 Å². The highest BCUT2D eigenvalue weighted by atomic mass is 35.5. The molecule has 36 heavy (non-hydrogen) atoms. The lowest BCUT2D eigenvalue weighted by molar-refractivity contribution is -0.123. The number of hydrogen-bond acceptors (Lipinski definition) is 6. The molecule has 7 nitrogen and oxygen atoms in total. The van der Waals surface area contributed by atoms with Gasteiger partial charge in [-0.05, 0) is 61.4 Å². The average Bonchev–Trinajstić information content (AvgIpc) is 3.33. The van der Waals surface area contributed by atoms with Gasteiger partial charge in [-0.25, -0.2) is 13.4 Å². The first-order valence-electron chi connectivity index (χ1n) is 11.3.